The lowest BCUT2D eigenvalue weighted by Crippen LogP contribution is -2.43. The number of likely N-dealkylation sites (tertiary alicyclic amines) is 1. The largest absolute Gasteiger partial charge is 0.465 e. The smallest absolute Gasteiger partial charge is 0.407 e. The van der Waals surface area contributed by atoms with Gasteiger partial charge in [-0.15, -0.1) is 0 Å². The number of piperidine rings is 1. The van der Waals surface area contributed by atoms with Crippen LogP contribution in [0.2, 0.25) is 0 Å². The lowest BCUT2D eigenvalue weighted by Gasteiger charge is -2.29. The third-order valence-electron chi connectivity index (χ3n) is 4.93. The van der Waals surface area contributed by atoms with Gasteiger partial charge in [-0.2, -0.15) is 0 Å². The van der Waals surface area contributed by atoms with Crippen molar-refractivity contribution < 1.29 is 14.7 Å². The highest BCUT2D eigenvalue weighted by Crippen LogP contribution is 2.18. The summed E-state index contributed by atoms with van der Waals surface area (Å²) in [5, 5.41) is 11.8. The Balaban J connectivity index is 1.74. The number of carbonyl (C=O) groups excluding carboxylic acids is 1. The van der Waals surface area contributed by atoms with Crippen LogP contribution in [0.4, 0.5) is 9.59 Å². The molecule has 8 nitrogen and oxygen atoms in total. The number of para-hydroxylation sites is 2. The van der Waals surface area contributed by atoms with Gasteiger partial charge in [0.1, 0.15) is 0 Å². The molecule has 0 saturated carbocycles. The third kappa shape index (κ3) is 3.31. The molecule has 1 fully saturated rings. The van der Waals surface area contributed by atoms with Crippen LogP contribution in [0.15, 0.2) is 29.1 Å². The molecule has 1 aliphatic rings. The summed E-state index contributed by atoms with van der Waals surface area (Å²) in [6.45, 7) is 5.20. The van der Waals surface area contributed by atoms with Gasteiger partial charge in [-0.3, -0.25) is 4.57 Å². The summed E-state index contributed by atoms with van der Waals surface area (Å²) in [4.78, 5) is 37.7. The Morgan fingerprint density at radius 3 is 2.38 bits per heavy atom. The van der Waals surface area contributed by atoms with E-state index in [0.29, 0.717) is 38.0 Å². The van der Waals surface area contributed by atoms with Gasteiger partial charge in [0.2, 0.25) is 0 Å². The van der Waals surface area contributed by atoms with Crippen LogP contribution in [0, 0.1) is 5.92 Å². The number of hydrogen-bond acceptors (Lipinski definition) is 3. The van der Waals surface area contributed by atoms with Gasteiger partial charge >= 0.3 is 17.8 Å². The van der Waals surface area contributed by atoms with E-state index in [0.717, 1.165) is 5.52 Å². The van der Waals surface area contributed by atoms with Crippen LogP contribution in [0.5, 0.6) is 0 Å². The van der Waals surface area contributed by atoms with Gasteiger partial charge < -0.3 is 15.3 Å². The number of hydrogen-bond donors (Lipinski definition) is 2. The van der Waals surface area contributed by atoms with Gasteiger partial charge in [0.05, 0.1) is 11.0 Å². The maximum absolute atomic E-state index is 12.7. The number of carboxylic acid groups (broad SMARTS) is 1. The van der Waals surface area contributed by atoms with Crippen molar-refractivity contribution in [2.24, 2.45) is 5.92 Å². The fraction of sp³-hybridized carbons (Fsp3) is 0.500. The minimum absolute atomic E-state index is 0.0539. The Labute approximate surface area is 151 Å². The summed E-state index contributed by atoms with van der Waals surface area (Å²) in [6.07, 6.45) is 0.505. The molecule has 0 radical (unpaired) electrons. The molecule has 2 aromatic rings. The van der Waals surface area contributed by atoms with Crippen LogP contribution in [-0.2, 0) is 0 Å². The molecular weight excluding hydrogens is 336 g/mol. The van der Waals surface area contributed by atoms with Crippen LogP contribution in [0.1, 0.15) is 32.7 Å². The van der Waals surface area contributed by atoms with Crippen molar-refractivity contribution >= 4 is 23.2 Å². The Morgan fingerprint density at radius 2 is 1.81 bits per heavy atom. The van der Waals surface area contributed by atoms with Crippen molar-refractivity contribution in [2.45, 2.75) is 32.7 Å². The molecule has 2 heterocycles. The van der Waals surface area contributed by atoms with Crippen LogP contribution in [-0.4, -0.2) is 50.9 Å². The summed E-state index contributed by atoms with van der Waals surface area (Å²) >= 11 is 0. The van der Waals surface area contributed by atoms with Crippen LogP contribution >= 0.6 is 0 Å². The van der Waals surface area contributed by atoms with Gasteiger partial charge in [0.25, 0.3) is 0 Å². The fourth-order valence-electron chi connectivity index (χ4n) is 3.51. The van der Waals surface area contributed by atoms with Gasteiger partial charge in [0.15, 0.2) is 0 Å². The zero-order chi connectivity index (χ0) is 18.8. The topological polar surface area (TPSA) is 96.6 Å². The van der Waals surface area contributed by atoms with Gasteiger partial charge in [0, 0.05) is 25.7 Å². The number of imidazole rings is 1. The van der Waals surface area contributed by atoms with Crippen molar-refractivity contribution in [3.63, 3.8) is 0 Å². The zero-order valence-electron chi connectivity index (χ0n) is 15.0. The molecule has 2 N–H and O–H groups in total. The highest BCUT2D eigenvalue weighted by molar-refractivity contribution is 5.89. The fourth-order valence-corrected chi connectivity index (χ4v) is 3.51. The van der Waals surface area contributed by atoms with Crippen LogP contribution in [0.3, 0.4) is 0 Å². The van der Waals surface area contributed by atoms with E-state index in [2.05, 4.69) is 5.32 Å². The number of fused-ring (bicyclic) bond motifs is 1. The Hall–Kier alpha value is -2.77. The minimum atomic E-state index is -0.902. The first kappa shape index (κ1) is 18.0. The highest BCUT2D eigenvalue weighted by Gasteiger charge is 2.24. The molecule has 8 heteroatoms. The summed E-state index contributed by atoms with van der Waals surface area (Å²) < 4.78 is 2.79. The SMILES string of the molecule is CC(C)n1c(=O)n(C(=O)NCC2CCN(C(=O)O)CC2)c2ccccc21. The summed E-state index contributed by atoms with van der Waals surface area (Å²) in [5.41, 5.74) is 0.973. The summed E-state index contributed by atoms with van der Waals surface area (Å²) in [5.74, 6) is 0.212. The molecule has 0 aliphatic carbocycles. The molecule has 0 unspecified atom stereocenters. The lowest BCUT2D eigenvalue weighted by atomic mass is 9.97. The molecule has 0 spiro atoms. The van der Waals surface area contributed by atoms with Gasteiger partial charge in [-0.05, 0) is 44.7 Å². The van der Waals surface area contributed by atoms with E-state index >= 15 is 0 Å². The van der Waals surface area contributed by atoms with E-state index in [-0.39, 0.29) is 17.6 Å². The first-order chi connectivity index (χ1) is 12.4. The third-order valence-corrected chi connectivity index (χ3v) is 4.93. The van der Waals surface area contributed by atoms with E-state index in [1.54, 1.807) is 16.7 Å². The molecule has 1 aromatic heterocycles. The minimum Gasteiger partial charge on any atom is -0.465 e. The van der Waals surface area contributed by atoms with Crippen molar-refractivity contribution in [1.82, 2.24) is 19.4 Å². The number of carbonyl (C=O) groups is 2. The number of aromatic nitrogens is 2. The normalized spacial score (nSPS) is 15.6. The maximum atomic E-state index is 12.7. The van der Waals surface area contributed by atoms with Crippen LogP contribution < -0.4 is 11.0 Å². The molecule has 1 aliphatic heterocycles. The average Bonchev–Trinajstić information content (AvgIpc) is 2.92. The predicted octanol–water partition coefficient (Wildman–Crippen LogP) is 2.33. The molecule has 0 atom stereocenters. The van der Waals surface area contributed by atoms with Crippen molar-refractivity contribution in [2.75, 3.05) is 19.6 Å². The second-order valence-corrected chi connectivity index (χ2v) is 6.97. The van der Waals surface area contributed by atoms with Crippen molar-refractivity contribution in [3.05, 3.63) is 34.7 Å². The first-order valence-electron chi connectivity index (χ1n) is 8.88. The van der Waals surface area contributed by atoms with Crippen molar-refractivity contribution in [3.8, 4) is 0 Å². The Bertz CT molecular complexity index is 875. The molecule has 1 saturated heterocycles. The van der Waals surface area contributed by atoms with Gasteiger partial charge in [-0.25, -0.2) is 19.0 Å². The van der Waals surface area contributed by atoms with Gasteiger partial charge in [-0.1, -0.05) is 12.1 Å². The van der Waals surface area contributed by atoms with E-state index in [1.165, 1.54) is 9.47 Å². The van der Waals surface area contributed by atoms with Crippen molar-refractivity contribution in [1.29, 1.82) is 0 Å². The first-order valence-corrected chi connectivity index (χ1v) is 8.88. The standard InChI is InChI=1S/C18H24N4O4/c1-12(2)21-14-5-3-4-6-15(14)22(17(21)24)16(23)19-11-13-7-9-20(10-8-13)18(25)26/h3-6,12-13H,7-11H2,1-2H3,(H,19,23)(H,25,26). The molecule has 2 amide bonds. The summed E-state index contributed by atoms with van der Waals surface area (Å²) in [7, 11) is 0. The number of benzene rings is 1. The zero-order valence-corrected chi connectivity index (χ0v) is 15.0. The molecule has 0 bridgehead atoms. The molecule has 26 heavy (non-hydrogen) atoms. The second kappa shape index (κ2) is 7.23. The van der Waals surface area contributed by atoms with E-state index in [1.807, 2.05) is 26.0 Å². The van der Waals surface area contributed by atoms with E-state index < -0.39 is 12.1 Å². The number of amides is 2. The number of nitrogens with zero attached hydrogens (tertiary/aromatic N) is 3. The molecule has 1 aromatic carbocycles. The number of nitrogens with one attached hydrogen (secondary N) is 1. The van der Waals surface area contributed by atoms with E-state index in [4.69, 9.17) is 5.11 Å². The Kier molecular flexibility index (Phi) is 5.01. The quantitative estimate of drug-likeness (QED) is 0.878. The Morgan fingerprint density at radius 1 is 1.19 bits per heavy atom. The monoisotopic (exact) mass is 360 g/mol. The average molecular weight is 360 g/mol. The maximum Gasteiger partial charge on any atom is 0.407 e. The molecular formula is C18H24N4O4. The summed E-state index contributed by atoms with van der Waals surface area (Å²) in [6, 6.07) is 6.76. The predicted molar refractivity (Wildman–Crippen MR) is 97.7 cm³/mol. The molecule has 3 rings (SSSR count). The number of rotatable bonds is 3. The lowest BCUT2D eigenvalue weighted by molar-refractivity contribution is 0.124. The second-order valence-electron chi connectivity index (χ2n) is 6.97. The van der Waals surface area contributed by atoms with E-state index in [9.17, 15) is 14.4 Å². The highest BCUT2D eigenvalue weighted by atomic mass is 16.4. The molecule has 140 valence electrons. The van der Waals surface area contributed by atoms with Crippen LogP contribution in [0.25, 0.3) is 11.0 Å².